The molecule has 1 heterocycles. The molecule has 0 aliphatic heterocycles. The molecule has 130 valence electrons. The highest BCUT2D eigenvalue weighted by Gasteiger charge is 2.37. The SMILES string of the molecule is CCC(CCc1scnc1C)(CNC(=O)OC(C)(C)C)C(=O)O. The molecular weight excluding hydrogens is 316 g/mol. The fourth-order valence-electron chi connectivity index (χ4n) is 2.20. The molecule has 1 amide bonds. The van der Waals surface area contributed by atoms with Crippen molar-refractivity contribution in [3.63, 3.8) is 0 Å². The van der Waals surface area contributed by atoms with E-state index in [-0.39, 0.29) is 6.54 Å². The molecule has 0 saturated carbocycles. The summed E-state index contributed by atoms with van der Waals surface area (Å²) in [5.74, 6) is -0.904. The Morgan fingerprint density at radius 3 is 2.48 bits per heavy atom. The van der Waals surface area contributed by atoms with Gasteiger partial charge < -0.3 is 15.2 Å². The number of carboxylic acids is 1. The molecule has 0 aromatic carbocycles. The molecule has 0 radical (unpaired) electrons. The lowest BCUT2D eigenvalue weighted by atomic mass is 9.80. The second-order valence-corrected chi connectivity index (χ2v) is 7.59. The van der Waals surface area contributed by atoms with Crippen LogP contribution in [0.2, 0.25) is 0 Å². The Hall–Kier alpha value is -1.63. The number of aryl methyl sites for hydroxylation is 2. The topological polar surface area (TPSA) is 88.5 Å². The van der Waals surface area contributed by atoms with Crippen LogP contribution >= 0.6 is 11.3 Å². The molecule has 1 unspecified atom stereocenters. The van der Waals surface area contributed by atoms with Gasteiger partial charge in [0.05, 0.1) is 16.6 Å². The van der Waals surface area contributed by atoms with Crippen LogP contribution in [0.1, 0.15) is 51.1 Å². The zero-order valence-electron chi connectivity index (χ0n) is 14.4. The number of carbonyl (C=O) groups excluding carboxylic acids is 1. The molecular formula is C16H26N2O4S. The largest absolute Gasteiger partial charge is 0.481 e. The number of ether oxygens (including phenoxy) is 1. The van der Waals surface area contributed by atoms with E-state index in [1.54, 1.807) is 26.3 Å². The summed E-state index contributed by atoms with van der Waals surface area (Å²) in [7, 11) is 0. The highest BCUT2D eigenvalue weighted by molar-refractivity contribution is 7.09. The molecule has 0 aliphatic rings. The van der Waals surface area contributed by atoms with Gasteiger partial charge in [-0.05, 0) is 47.0 Å². The van der Waals surface area contributed by atoms with Crippen LogP contribution in [0.15, 0.2) is 5.51 Å². The number of carboxylic acid groups (broad SMARTS) is 1. The summed E-state index contributed by atoms with van der Waals surface area (Å²) in [5, 5.41) is 12.3. The van der Waals surface area contributed by atoms with Crippen LogP contribution in [0, 0.1) is 12.3 Å². The number of amides is 1. The van der Waals surface area contributed by atoms with Crippen LogP contribution in [0.3, 0.4) is 0 Å². The summed E-state index contributed by atoms with van der Waals surface area (Å²) in [6.07, 6.45) is 0.908. The van der Waals surface area contributed by atoms with Crippen LogP contribution in [-0.2, 0) is 16.0 Å². The third-order valence-electron chi connectivity index (χ3n) is 3.78. The molecule has 1 aromatic heterocycles. The van der Waals surface area contributed by atoms with E-state index in [1.165, 1.54) is 11.3 Å². The van der Waals surface area contributed by atoms with Crippen LogP contribution in [0.4, 0.5) is 4.79 Å². The molecule has 1 atom stereocenters. The molecule has 23 heavy (non-hydrogen) atoms. The Kier molecular flexibility index (Phi) is 6.56. The van der Waals surface area contributed by atoms with Gasteiger partial charge in [-0.15, -0.1) is 11.3 Å². The van der Waals surface area contributed by atoms with Crippen LogP contribution in [0.5, 0.6) is 0 Å². The number of thiazole rings is 1. The Balaban J connectivity index is 2.72. The van der Waals surface area contributed by atoms with Crippen molar-refractivity contribution in [2.24, 2.45) is 5.41 Å². The van der Waals surface area contributed by atoms with Crippen LogP contribution in [0.25, 0.3) is 0 Å². The summed E-state index contributed by atoms with van der Waals surface area (Å²) in [6, 6.07) is 0. The van der Waals surface area contributed by atoms with Crippen molar-refractivity contribution in [1.82, 2.24) is 10.3 Å². The summed E-state index contributed by atoms with van der Waals surface area (Å²) in [5.41, 5.74) is 1.08. The minimum absolute atomic E-state index is 0.0472. The normalized spacial score (nSPS) is 14.1. The third-order valence-corrected chi connectivity index (χ3v) is 4.77. The van der Waals surface area contributed by atoms with Gasteiger partial charge in [0, 0.05) is 11.4 Å². The summed E-state index contributed by atoms with van der Waals surface area (Å²) >= 11 is 1.53. The van der Waals surface area contributed by atoms with Gasteiger partial charge >= 0.3 is 12.1 Å². The molecule has 2 N–H and O–H groups in total. The maximum absolute atomic E-state index is 11.8. The smallest absolute Gasteiger partial charge is 0.407 e. The van der Waals surface area contributed by atoms with Crippen molar-refractivity contribution in [2.45, 2.75) is 59.5 Å². The molecule has 0 saturated heterocycles. The second kappa shape index (κ2) is 7.77. The molecule has 6 nitrogen and oxygen atoms in total. The van der Waals surface area contributed by atoms with Crippen molar-refractivity contribution in [3.05, 3.63) is 16.1 Å². The predicted octanol–water partition coefficient (Wildman–Crippen LogP) is 3.39. The van der Waals surface area contributed by atoms with Gasteiger partial charge in [-0.25, -0.2) is 9.78 Å². The number of nitrogens with zero attached hydrogens (tertiary/aromatic N) is 1. The molecule has 7 heteroatoms. The Bertz CT molecular complexity index is 551. The summed E-state index contributed by atoms with van der Waals surface area (Å²) in [6.45, 7) is 9.09. The first-order valence-corrected chi connectivity index (χ1v) is 8.57. The lowest BCUT2D eigenvalue weighted by molar-refractivity contribution is -0.149. The lowest BCUT2D eigenvalue weighted by Gasteiger charge is -2.29. The number of carbonyl (C=O) groups is 2. The van der Waals surface area contributed by atoms with Gasteiger partial charge in [0.25, 0.3) is 0 Å². The Morgan fingerprint density at radius 1 is 1.39 bits per heavy atom. The number of aliphatic carboxylic acids is 1. The Labute approximate surface area is 141 Å². The van der Waals surface area contributed by atoms with Crippen molar-refractivity contribution in [2.75, 3.05) is 6.54 Å². The van der Waals surface area contributed by atoms with Gasteiger partial charge in [0.2, 0.25) is 0 Å². The van der Waals surface area contributed by atoms with Crippen molar-refractivity contribution < 1.29 is 19.4 Å². The molecule has 0 spiro atoms. The highest BCUT2D eigenvalue weighted by Crippen LogP contribution is 2.30. The van der Waals surface area contributed by atoms with E-state index < -0.39 is 23.1 Å². The number of aromatic nitrogens is 1. The first-order valence-electron chi connectivity index (χ1n) is 7.69. The standard InChI is InChI=1S/C16H26N2O4S/c1-6-16(13(19)20,8-7-12-11(2)18-10-23-12)9-17-14(21)22-15(3,4)5/h10H,6-9H2,1-5H3,(H,17,21)(H,19,20). The quantitative estimate of drug-likeness (QED) is 0.793. The molecule has 1 rings (SSSR count). The molecule has 0 fully saturated rings. The van der Waals surface area contributed by atoms with Gasteiger partial charge in [-0.2, -0.15) is 0 Å². The van der Waals surface area contributed by atoms with Crippen LogP contribution in [-0.4, -0.2) is 34.3 Å². The van der Waals surface area contributed by atoms with Crippen molar-refractivity contribution in [1.29, 1.82) is 0 Å². The van der Waals surface area contributed by atoms with Gasteiger partial charge in [0.1, 0.15) is 5.60 Å². The van der Waals surface area contributed by atoms with Crippen molar-refractivity contribution in [3.8, 4) is 0 Å². The minimum atomic E-state index is -1.01. The zero-order chi connectivity index (χ0) is 17.7. The summed E-state index contributed by atoms with van der Waals surface area (Å²) < 4.78 is 5.18. The number of alkyl carbamates (subject to hydrolysis) is 1. The first kappa shape index (κ1) is 19.4. The van der Waals surface area contributed by atoms with Crippen molar-refractivity contribution >= 4 is 23.4 Å². The van der Waals surface area contributed by atoms with E-state index in [0.717, 1.165) is 10.6 Å². The summed E-state index contributed by atoms with van der Waals surface area (Å²) in [4.78, 5) is 28.9. The average Bonchev–Trinajstić information content (AvgIpc) is 2.83. The lowest BCUT2D eigenvalue weighted by Crippen LogP contribution is -2.44. The number of nitrogens with one attached hydrogen (secondary N) is 1. The third kappa shape index (κ3) is 5.82. The van der Waals surface area contributed by atoms with E-state index in [9.17, 15) is 14.7 Å². The van der Waals surface area contributed by atoms with E-state index in [1.807, 2.05) is 13.8 Å². The highest BCUT2D eigenvalue weighted by atomic mass is 32.1. The average molecular weight is 342 g/mol. The van der Waals surface area contributed by atoms with Gasteiger partial charge in [-0.1, -0.05) is 6.92 Å². The van der Waals surface area contributed by atoms with Gasteiger partial charge in [-0.3, -0.25) is 4.79 Å². The maximum Gasteiger partial charge on any atom is 0.407 e. The van der Waals surface area contributed by atoms with E-state index in [2.05, 4.69) is 10.3 Å². The second-order valence-electron chi connectivity index (χ2n) is 6.66. The van der Waals surface area contributed by atoms with E-state index in [0.29, 0.717) is 19.3 Å². The Morgan fingerprint density at radius 2 is 2.04 bits per heavy atom. The minimum Gasteiger partial charge on any atom is -0.481 e. The number of hydrogen-bond acceptors (Lipinski definition) is 5. The number of rotatable bonds is 7. The monoisotopic (exact) mass is 342 g/mol. The first-order chi connectivity index (χ1) is 10.6. The van der Waals surface area contributed by atoms with Gasteiger partial charge in [0.15, 0.2) is 0 Å². The fourth-order valence-corrected chi connectivity index (χ4v) is 2.98. The molecule has 0 bridgehead atoms. The predicted molar refractivity (Wildman–Crippen MR) is 89.8 cm³/mol. The molecule has 0 aliphatic carbocycles. The van der Waals surface area contributed by atoms with E-state index >= 15 is 0 Å². The molecule has 1 aromatic rings. The fraction of sp³-hybridized carbons (Fsp3) is 0.688. The zero-order valence-corrected chi connectivity index (χ0v) is 15.2. The van der Waals surface area contributed by atoms with E-state index in [4.69, 9.17) is 4.74 Å². The number of hydrogen-bond donors (Lipinski definition) is 2. The van der Waals surface area contributed by atoms with Crippen LogP contribution < -0.4 is 5.32 Å². The maximum atomic E-state index is 11.8.